The van der Waals surface area contributed by atoms with Crippen molar-refractivity contribution >= 4 is 17.7 Å². The van der Waals surface area contributed by atoms with Crippen molar-refractivity contribution < 1.29 is 9.53 Å². The molecule has 3 fully saturated rings. The summed E-state index contributed by atoms with van der Waals surface area (Å²) in [6, 6.07) is 15.6. The number of hydrogen-bond donors (Lipinski definition) is 3. The maximum atomic E-state index is 13.0. The Morgan fingerprint density at radius 1 is 1.11 bits per heavy atom. The van der Waals surface area contributed by atoms with Crippen LogP contribution in [0.2, 0.25) is 0 Å². The lowest BCUT2D eigenvalue weighted by molar-refractivity contribution is -0.118. The fourth-order valence-corrected chi connectivity index (χ4v) is 6.92. The van der Waals surface area contributed by atoms with Gasteiger partial charge in [0.2, 0.25) is 5.91 Å². The largest absolute Gasteiger partial charge is 0.497 e. The highest BCUT2D eigenvalue weighted by molar-refractivity contribution is 6.09. The molecule has 4 unspecified atom stereocenters. The lowest BCUT2D eigenvalue weighted by atomic mass is 9.73. The molecule has 6 rings (SSSR count). The fraction of sp³-hybridized carbons (Fsp3) is 0.483. The van der Waals surface area contributed by atoms with E-state index in [1.807, 2.05) is 12.1 Å². The summed E-state index contributed by atoms with van der Waals surface area (Å²) in [4.78, 5) is 15.2. The third-order valence-electron chi connectivity index (χ3n) is 8.76. The van der Waals surface area contributed by atoms with Gasteiger partial charge in [0, 0.05) is 24.3 Å². The number of carbonyl (C=O) groups is 1. The molecular formula is C29H36N4O2. The Morgan fingerprint density at radius 3 is 2.71 bits per heavy atom. The van der Waals surface area contributed by atoms with Gasteiger partial charge in [-0.05, 0) is 92.4 Å². The first kappa shape index (κ1) is 22.8. The molecule has 1 spiro atoms. The molecule has 0 aromatic heterocycles. The van der Waals surface area contributed by atoms with Crippen LogP contribution in [0, 0.1) is 17.8 Å². The lowest BCUT2D eigenvalue weighted by Crippen LogP contribution is -2.37. The van der Waals surface area contributed by atoms with Crippen molar-refractivity contribution in [3.05, 3.63) is 65.2 Å². The Bertz CT molecular complexity index is 1140. The van der Waals surface area contributed by atoms with Crippen LogP contribution >= 0.6 is 0 Å². The maximum Gasteiger partial charge on any atom is 0.235 e. The van der Waals surface area contributed by atoms with Crippen molar-refractivity contribution in [2.75, 3.05) is 26.5 Å². The van der Waals surface area contributed by atoms with Crippen molar-refractivity contribution in [2.45, 2.75) is 49.7 Å². The number of methoxy groups -OCH3 is 1. The first-order chi connectivity index (χ1) is 17.0. The molecule has 2 saturated carbocycles. The monoisotopic (exact) mass is 472 g/mol. The predicted molar refractivity (Wildman–Crippen MR) is 139 cm³/mol. The second kappa shape index (κ2) is 8.77. The summed E-state index contributed by atoms with van der Waals surface area (Å²) < 4.78 is 5.46. The second-order valence-electron chi connectivity index (χ2n) is 11.1. The molecule has 1 amide bonds. The zero-order valence-corrected chi connectivity index (χ0v) is 20.9. The predicted octanol–water partition coefficient (Wildman–Crippen LogP) is 3.94. The topological polar surface area (TPSA) is 65.6 Å². The third-order valence-corrected chi connectivity index (χ3v) is 8.76. The van der Waals surface area contributed by atoms with Gasteiger partial charge in [-0.2, -0.15) is 0 Å². The number of rotatable bonds is 6. The average Bonchev–Trinajstić information content (AvgIpc) is 3.40. The highest BCUT2D eigenvalue weighted by Crippen LogP contribution is 2.65. The SMILES string of the molecule is COc1ccc2c(c1)[C@]1(C[C@@H]1C1CCC3C(/C=C/c4ccc(CN(C)C)cc4)NNC3C1)C(=O)N2. The molecule has 2 aromatic rings. The summed E-state index contributed by atoms with van der Waals surface area (Å²) in [5.41, 5.74) is 11.5. The van der Waals surface area contributed by atoms with E-state index < -0.39 is 0 Å². The van der Waals surface area contributed by atoms with Crippen molar-refractivity contribution in [2.24, 2.45) is 17.8 Å². The summed E-state index contributed by atoms with van der Waals surface area (Å²) in [6.45, 7) is 0.964. The molecule has 3 N–H and O–H groups in total. The molecule has 2 aromatic carbocycles. The molecule has 2 aliphatic heterocycles. The van der Waals surface area contributed by atoms with Crippen LogP contribution < -0.4 is 20.9 Å². The molecule has 2 heterocycles. The quantitative estimate of drug-likeness (QED) is 0.594. The molecule has 184 valence electrons. The van der Waals surface area contributed by atoms with Crippen LogP contribution in [0.3, 0.4) is 0 Å². The Labute approximate surface area is 208 Å². The van der Waals surface area contributed by atoms with E-state index in [0.29, 0.717) is 29.8 Å². The van der Waals surface area contributed by atoms with Crippen molar-refractivity contribution in [1.29, 1.82) is 0 Å². The van der Waals surface area contributed by atoms with E-state index in [0.717, 1.165) is 36.4 Å². The molecule has 6 heteroatoms. The zero-order chi connectivity index (χ0) is 24.2. The van der Waals surface area contributed by atoms with Crippen LogP contribution in [0.5, 0.6) is 5.75 Å². The number of fused-ring (bicyclic) bond motifs is 3. The Hall–Kier alpha value is -2.67. The van der Waals surface area contributed by atoms with Gasteiger partial charge in [0.1, 0.15) is 5.75 Å². The number of amides is 1. The molecule has 2 aliphatic carbocycles. The van der Waals surface area contributed by atoms with Gasteiger partial charge in [0.25, 0.3) is 0 Å². The van der Waals surface area contributed by atoms with Crippen LogP contribution in [-0.2, 0) is 16.8 Å². The van der Waals surface area contributed by atoms with Crippen LogP contribution in [-0.4, -0.2) is 44.1 Å². The third kappa shape index (κ3) is 3.98. The minimum absolute atomic E-state index is 0.183. The molecule has 0 radical (unpaired) electrons. The van der Waals surface area contributed by atoms with Crippen LogP contribution in [0.25, 0.3) is 6.08 Å². The number of anilines is 1. The van der Waals surface area contributed by atoms with Crippen molar-refractivity contribution in [3.8, 4) is 5.75 Å². The summed E-state index contributed by atoms with van der Waals surface area (Å²) in [7, 11) is 5.88. The van der Waals surface area contributed by atoms with Gasteiger partial charge >= 0.3 is 0 Å². The van der Waals surface area contributed by atoms with Gasteiger partial charge in [0.05, 0.1) is 12.5 Å². The van der Waals surface area contributed by atoms with Crippen LogP contribution in [0.15, 0.2) is 48.5 Å². The van der Waals surface area contributed by atoms with Crippen molar-refractivity contribution in [1.82, 2.24) is 15.8 Å². The molecule has 35 heavy (non-hydrogen) atoms. The Morgan fingerprint density at radius 2 is 1.94 bits per heavy atom. The summed E-state index contributed by atoms with van der Waals surface area (Å²) >= 11 is 0. The lowest BCUT2D eigenvalue weighted by Gasteiger charge is -2.33. The number of ether oxygens (including phenoxy) is 1. The van der Waals surface area contributed by atoms with E-state index in [2.05, 4.69) is 77.6 Å². The van der Waals surface area contributed by atoms with Gasteiger partial charge in [-0.25, -0.2) is 0 Å². The number of hydrazine groups is 1. The highest BCUT2D eigenvalue weighted by Gasteiger charge is 2.67. The van der Waals surface area contributed by atoms with Gasteiger partial charge in [0.15, 0.2) is 0 Å². The average molecular weight is 473 g/mol. The molecule has 0 bridgehead atoms. The number of benzene rings is 2. The van der Waals surface area contributed by atoms with Crippen LogP contribution in [0.1, 0.15) is 42.4 Å². The minimum atomic E-state index is -0.342. The molecule has 6 nitrogen and oxygen atoms in total. The highest BCUT2D eigenvalue weighted by atomic mass is 16.5. The van der Waals surface area contributed by atoms with Gasteiger partial charge in [-0.15, -0.1) is 0 Å². The van der Waals surface area contributed by atoms with E-state index >= 15 is 0 Å². The number of hydrogen-bond acceptors (Lipinski definition) is 5. The fourth-order valence-electron chi connectivity index (χ4n) is 6.92. The van der Waals surface area contributed by atoms with Crippen molar-refractivity contribution in [3.63, 3.8) is 0 Å². The maximum absolute atomic E-state index is 13.0. The van der Waals surface area contributed by atoms with E-state index in [4.69, 9.17) is 4.74 Å². The summed E-state index contributed by atoms with van der Waals surface area (Å²) in [6.07, 6.45) is 9.03. The molecular weight excluding hydrogens is 436 g/mol. The minimum Gasteiger partial charge on any atom is -0.497 e. The Kier molecular flexibility index (Phi) is 5.71. The first-order valence-electron chi connectivity index (χ1n) is 12.9. The van der Waals surface area contributed by atoms with E-state index in [9.17, 15) is 4.79 Å². The summed E-state index contributed by atoms with van der Waals surface area (Å²) in [5, 5.41) is 3.13. The smallest absolute Gasteiger partial charge is 0.235 e. The number of carbonyl (C=O) groups excluding carboxylic acids is 1. The standard InChI is InChI=1S/C29H36N4O2/c1-33(2)17-19-6-4-18(5-7-19)8-12-25-22-11-9-20(14-27(22)32-31-25)24-16-29(24)23-15-21(35-3)10-13-26(23)30-28(29)34/h4-8,10,12-13,15,20,22,24-25,27,31-32H,9,11,14,16-17H2,1-3H3,(H,30,34)/b12-8+/t20?,22?,24-,25?,27?,29+/m1/s1. The molecule has 6 atom stereocenters. The number of nitrogens with zero attached hydrogens (tertiary/aromatic N) is 1. The Balaban J connectivity index is 1.10. The summed E-state index contributed by atoms with van der Waals surface area (Å²) in [5.74, 6) is 2.60. The van der Waals surface area contributed by atoms with Gasteiger partial charge in [-0.3, -0.25) is 15.6 Å². The normalized spacial score (nSPS) is 33.3. The zero-order valence-electron chi connectivity index (χ0n) is 20.9. The van der Waals surface area contributed by atoms with E-state index in [1.54, 1.807) is 7.11 Å². The van der Waals surface area contributed by atoms with Gasteiger partial charge < -0.3 is 15.0 Å². The molecule has 4 aliphatic rings. The first-order valence-corrected chi connectivity index (χ1v) is 12.9. The van der Waals surface area contributed by atoms with E-state index in [-0.39, 0.29) is 11.3 Å². The van der Waals surface area contributed by atoms with Gasteiger partial charge in [-0.1, -0.05) is 36.4 Å². The second-order valence-corrected chi connectivity index (χ2v) is 11.1. The number of nitrogens with one attached hydrogen (secondary N) is 3. The molecule has 1 saturated heterocycles. The van der Waals surface area contributed by atoms with Crippen LogP contribution in [0.4, 0.5) is 5.69 Å². The van der Waals surface area contributed by atoms with E-state index in [1.165, 1.54) is 24.0 Å².